The summed E-state index contributed by atoms with van der Waals surface area (Å²) in [6.45, 7) is 3.48. The Balaban J connectivity index is 2.09. The molecule has 1 aliphatic rings. The normalized spacial score (nSPS) is 17.2. The predicted molar refractivity (Wildman–Crippen MR) is 80.3 cm³/mol. The van der Waals surface area contributed by atoms with Gasteiger partial charge in [-0.3, -0.25) is 4.79 Å². The number of carbonyl (C=O) groups excluding carboxylic acids is 1. The van der Waals surface area contributed by atoms with Crippen LogP contribution in [-0.4, -0.2) is 55.0 Å². The average Bonchev–Trinajstić information content (AvgIpc) is 2.47. The van der Waals surface area contributed by atoms with E-state index in [2.05, 4.69) is 15.9 Å². The summed E-state index contributed by atoms with van der Waals surface area (Å²) in [5.74, 6) is -0.00242. The molecular weight excluding hydrogens is 344 g/mol. The number of piperazine rings is 1. The molecule has 0 N–H and O–H groups in total. The lowest BCUT2D eigenvalue weighted by Gasteiger charge is -2.33. The minimum Gasteiger partial charge on any atom is -0.339 e. The summed E-state index contributed by atoms with van der Waals surface area (Å²) < 4.78 is 26.4. The molecule has 0 saturated carbocycles. The fraction of sp³-hybridized carbons (Fsp3) is 0.462. The van der Waals surface area contributed by atoms with Crippen molar-refractivity contribution in [2.45, 2.75) is 11.8 Å². The summed E-state index contributed by atoms with van der Waals surface area (Å²) in [7, 11) is -3.45. The molecule has 0 radical (unpaired) electrons. The van der Waals surface area contributed by atoms with Gasteiger partial charge in [0.15, 0.2) is 0 Å². The van der Waals surface area contributed by atoms with Crippen LogP contribution in [-0.2, 0) is 14.8 Å². The van der Waals surface area contributed by atoms with Crippen molar-refractivity contribution in [1.82, 2.24) is 9.21 Å². The molecule has 0 spiro atoms. The topological polar surface area (TPSA) is 57.7 Å². The first-order chi connectivity index (χ1) is 9.45. The van der Waals surface area contributed by atoms with Gasteiger partial charge in [-0.05, 0) is 19.1 Å². The van der Waals surface area contributed by atoms with Crippen molar-refractivity contribution in [1.29, 1.82) is 0 Å². The van der Waals surface area contributed by atoms with Crippen LogP contribution in [0, 0.1) is 6.92 Å². The predicted octanol–water partition coefficient (Wildman–Crippen LogP) is 1.22. The molecule has 1 heterocycles. The van der Waals surface area contributed by atoms with E-state index in [0.717, 1.165) is 5.56 Å². The molecule has 1 aromatic rings. The summed E-state index contributed by atoms with van der Waals surface area (Å²) in [6, 6.07) is 6.83. The Morgan fingerprint density at radius 3 is 2.20 bits per heavy atom. The van der Waals surface area contributed by atoms with Gasteiger partial charge in [0.1, 0.15) is 0 Å². The van der Waals surface area contributed by atoms with Crippen LogP contribution in [0.4, 0.5) is 0 Å². The molecule has 0 aromatic heterocycles. The van der Waals surface area contributed by atoms with E-state index in [9.17, 15) is 13.2 Å². The molecule has 7 heteroatoms. The van der Waals surface area contributed by atoms with Crippen LogP contribution >= 0.6 is 15.9 Å². The summed E-state index contributed by atoms with van der Waals surface area (Å²) in [6.07, 6.45) is 0. The van der Waals surface area contributed by atoms with Gasteiger partial charge < -0.3 is 4.90 Å². The van der Waals surface area contributed by atoms with Crippen molar-refractivity contribution < 1.29 is 13.2 Å². The zero-order valence-electron chi connectivity index (χ0n) is 11.3. The van der Waals surface area contributed by atoms with Crippen LogP contribution in [0.5, 0.6) is 0 Å². The Morgan fingerprint density at radius 1 is 1.15 bits per heavy atom. The number of halogens is 1. The molecule has 1 amide bonds. The molecule has 0 bridgehead atoms. The van der Waals surface area contributed by atoms with Gasteiger partial charge in [-0.15, -0.1) is 0 Å². The van der Waals surface area contributed by atoms with Gasteiger partial charge in [0.05, 0.1) is 10.2 Å². The molecule has 1 fully saturated rings. The highest BCUT2D eigenvalue weighted by Gasteiger charge is 2.29. The highest BCUT2D eigenvalue weighted by Crippen LogP contribution is 2.18. The van der Waals surface area contributed by atoms with Gasteiger partial charge in [0.25, 0.3) is 0 Å². The molecular formula is C13H17BrN2O3S. The van der Waals surface area contributed by atoms with Gasteiger partial charge in [-0.1, -0.05) is 33.6 Å². The fourth-order valence-electron chi connectivity index (χ4n) is 2.12. The lowest BCUT2D eigenvalue weighted by atomic mass is 10.2. The standard InChI is InChI=1S/C13H17BrN2O3S/c1-11-2-4-12(5-3-11)20(18,19)16-8-6-15(7-9-16)13(17)10-14/h2-5H,6-10H2,1H3. The number of aryl methyl sites for hydroxylation is 1. The molecule has 5 nitrogen and oxygen atoms in total. The van der Waals surface area contributed by atoms with Crippen LogP contribution in [0.1, 0.15) is 5.56 Å². The smallest absolute Gasteiger partial charge is 0.243 e. The minimum atomic E-state index is -3.45. The molecule has 0 unspecified atom stereocenters. The number of amides is 1. The molecule has 1 aromatic carbocycles. The summed E-state index contributed by atoms with van der Waals surface area (Å²) in [5, 5.41) is 0.276. The third-order valence-corrected chi connectivity index (χ3v) is 5.76. The van der Waals surface area contributed by atoms with Crippen molar-refractivity contribution in [3.8, 4) is 0 Å². The average molecular weight is 361 g/mol. The number of sulfonamides is 1. The van der Waals surface area contributed by atoms with E-state index in [0.29, 0.717) is 31.1 Å². The van der Waals surface area contributed by atoms with Crippen LogP contribution in [0.25, 0.3) is 0 Å². The quantitative estimate of drug-likeness (QED) is 0.761. The molecule has 20 heavy (non-hydrogen) atoms. The van der Waals surface area contributed by atoms with Gasteiger partial charge >= 0.3 is 0 Å². The largest absolute Gasteiger partial charge is 0.339 e. The van der Waals surface area contributed by atoms with Crippen LogP contribution < -0.4 is 0 Å². The van der Waals surface area contributed by atoms with Crippen LogP contribution in [0.2, 0.25) is 0 Å². The molecule has 1 aliphatic heterocycles. The first kappa shape index (κ1) is 15.5. The van der Waals surface area contributed by atoms with Gasteiger partial charge in [0, 0.05) is 26.2 Å². The number of hydrogen-bond acceptors (Lipinski definition) is 3. The van der Waals surface area contributed by atoms with Crippen molar-refractivity contribution in [3.05, 3.63) is 29.8 Å². The zero-order valence-corrected chi connectivity index (χ0v) is 13.7. The fourth-order valence-corrected chi connectivity index (χ4v) is 3.90. The van der Waals surface area contributed by atoms with Crippen LogP contribution in [0.15, 0.2) is 29.2 Å². The molecule has 0 aliphatic carbocycles. The lowest BCUT2D eigenvalue weighted by Crippen LogP contribution is -2.50. The maximum absolute atomic E-state index is 12.5. The van der Waals surface area contributed by atoms with E-state index in [1.807, 2.05) is 6.92 Å². The van der Waals surface area contributed by atoms with E-state index in [4.69, 9.17) is 0 Å². The number of rotatable bonds is 3. The first-order valence-electron chi connectivity index (χ1n) is 6.35. The second-order valence-electron chi connectivity index (χ2n) is 4.73. The van der Waals surface area contributed by atoms with Gasteiger partial charge in [0.2, 0.25) is 15.9 Å². The lowest BCUT2D eigenvalue weighted by molar-refractivity contribution is -0.129. The molecule has 2 rings (SSSR count). The van der Waals surface area contributed by atoms with Crippen LogP contribution in [0.3, 0.4) is 0 Å². The van der Waals surface area contributed by atoms with Crippen molar-refractivity contribution in [3.63, 3.8) is 0 Å². The summed E-state index contributed by atoms with van der Waals surface area (Å²) in [5.41, 5.74) is 1.02. The molecule has 1 saturated heterocycles. The minimum absolute atomic E-state index is 0.00242. The third kappa shape index (κ3) is 3.21. The Kier molecular flexibility index (Phi) is 4.82. The van der Waals surface area contributed by atoms with Gasteiger partial charge in [-0.2, -0.15) is 4.31 Å². The van der Waals surface area contributed by atoms with Crippen molar-refractivity contribution >= 4 is 31.9 Å². The zero-order chi connectivity index (χ0) is 14.8. The van der Waals surface area contributed by atoms with E-state index >= 15 is 0 Å². The third-order valence-electron chi connectivity index (χ3n) is 3.36. The number of hydrogen-bond donors (Lipinski definition) is 0. The number of alkyl halides is 1. The second-order valence-corrected chi connectivity index (χ2v) is 7.23. The highest BCUT2D eigenvalue weighted by atomic mass is 79.9. The second kappa shape index (κ2) is 6.24. The number of carbonyl (C=O) groups is 1. The SMILES string of the molecule is Cc1ccc(S(=O)(=O)N2CCN(C(=O)CBr)CC2)cc1. The molecule has 110 valence electrons. The van der Waals surface area contributed by atoms with E-state index in [1.54, 1.807) is 29.2 Å². The number of nitrogens with zero attached hydrogens (tertiary/aromatic N) is 2. The summed E-state index contributed by atoms with van der Waals surface area (Å²) >= 11 is 3.13. The van der Waals surface area contributed by atoms with E-state index in [-0.39, 0.29) is 11.2 Å². The Bertz CT molecular complexity index is 578. The van der Waals surface area contributed by atoms with E-state index < -0.39 is 10.0 Å². The summed E-state index contributed by atoms with van der Waals surface area (Å²) in [4.78, 5) is 13.5. The van der Waals surface area contributed by atoms with Gasteiger partial charge in [-0.25, -0.2) is 8.42 Å². The highest BCUT2D eigenvalue weighted by molar-refractivity contribution is 9.09. The molecule has 0 atom stereocenters. The Labute approximate surface area is 127 Å². The maximum atomic E-state index is 12.5. The Morgan fingerprint density at radius 2 is 1.70 bits per heavy atom. The van der Waals surface area contributed by atoms with Crippen molar-refractivity contribution in [2.75, 3.05) is 31.5 Å². The Hall–Kier alpha value is -0.920. The van der Waals surface area contributed by atoms with E-state index in [1.165, 1.54) is 4.31 Å². The maximum Gasteiger partial charge on any atom is 0.243 e. The van der Waals surface area contributed by atoms with Crippen molar-refractivity contribution in [2.24, 2.45) is 0 Å². The first-order valence-corrected chi connectivity index (χ1v) is 8.92. The number of benzene rings is 1. The monoisotopic (exact) mass is 360 g/mol.